The lowest BCUT2D eigenvalue weighted by Gasteiger charge is -2.10. The molecule has 1 aromatic heterocycles. The van der Waals surface area contributed by atoms with Crippen LogP contribution >= 0.6 is 0 Å². The number of hydrogen-bond acceptors (Lipinski definition) is 5. The van der Waals surface area contributed by atoms with Crippen molar-refractivity contribution in [1.82, 2.24) is 9.97 Å². The number of imidazole rings is 1. The number of aliphatic hydroxyl groups is 2. The predicted molar refractivity (Wildman–Crippen MR) is 59.1 cm³/mol. The van der Waals surface area contributed by atoms with Gasteiger partial charge in [-0.2, -0.15) is 0 Å². The molecule has 90 valence electrons. The first-order chi connectivity index (χ1) is 7.99. The monoisotopic (exact) mass is 237 g/mol. The highest BCUT2D eigenvalue weighted by atomic mass is 16.4. The van der Waals surface area contributed by atoms with Gasteiger partial charge in [0.25, 0.3) is 0 Å². The lowest BCUT2D eigenvalue weighted by Crippen LogP contribution is -2.28. The van der Waals surface area contributed by atoms with Gasteiger partial charge in [0.15, 0.2) is 6.10 Å². The number of H-pyrrole nitrogens is 1. The van der Waals surface area contributed by atoms with Gasteiger partial charge in [-0.1, -0.05) is 0 Å². The molecule has 6 N–H and O–H groups in total. The van der Waals surface area contributed by atoms with Crippen molar-refractivity contribution in [2.45, 2.75) is 12.2 Å². The first-order valence-electron chi connectivity index (χ1n) is 4.83. The summed E-state index contributed by atoms with van der Waals surface area (Å²) in [4.78, 5) is 17.2. The van der Waals surface area contributed by atoms with E-state index in [1.165, 1.54) is 0 Å². The van der Waals surface area contributed by atoms with Crippen LogP contribution in [0.5, 0.6) is 0 Å². The highest BCUT2D eigenvalue weighted by molar-refractivity contribution is 5.79. The fourth-order valence-corrected chi connectivity index (χ4v) is 1.47. The number of hydrogen-bond donors (Lipinski definition) is 5. The van der Waals surface area contributed by atoms with Crippen molar-refractivity contribution < 1.29 is 20.1 Å². The summed E-state index contributed by atoms with van der Waals surface area (Å²) in [6, 6.07) is 4.86. The molecule has 0 spiro atoms. The molecule has 0 aliphatic carbocycles. The fraction of sp³-hybridized carbons (Fsp3) is 0.200. The second kappa shape index (κ2) is 4.04. The number of carboxylic acids is 1. The van der Waals surface area contributed by atoms with Crippen LogP contribution in [-0.4, -0.2) is 37.4 Å². The Hall–Kier alpha value is -2.12. The molecule has 0 fully saturated rings. The van der Waals surface area contributed by atoms with E-state index in [0.29, 0.717) is 16.7 Å². The summed E-state index contributed by atoms with van der Waals surface area (Å²) in [5, 5.41) is 27.3. The van der Waals surface area contributed by atoms with Crippen molar-refractivity contribution in [3.8, 4) is 0 Å². The highest BCUT2D eigenvalue weighted by Gasteiger charge is 2.27. The molecule has 1 aromatic carbocycles. The summed E-state index contributed by atoms with van der Waals surface area (Å²) < 4.78 is 0. The maximum Gasteiger partial charge on any atom is 0.335 e. The van der Waals surface area contributed by atoms with E-state index in [4.69, 9.17) is 10.8 Å². The molecule has 7 heteroatoms. The average Bonchev–Trinajstić information content (AvgIpc) is 2.69. The first kappa shape index (κ1) is 11.4. The quantitative estimate of drug-likeness (QED) is 0.462. The van der Waals surface area contributed by atoms with E-state index in [1.54, 1.807) is 18.2 Å². The summed E-state index contributed by atoms with van der Waals surface area (Å²) in [6.45, 7) is 0. The molecule has 0 saturated heterocycles. The number of aromatic nitrogens is 2. The molecule has 0 bridgehead atoms. The Bertz CT molecular complexity index is 566. The van der Waals surface area contributed by atoms with Crippen molar-refractivity contribution in [1.29, 1.82) is 0 Å². The summed E-state index contributed by atoms with van der Waals surface area (Å²) in [5.41, 5.74) is 7.18. The Kier molecular flexibility index (Phi) is 2.70. The van der Waals surface area contributed by atoms with Gasteiger partial charge in [0.05, 0.1) is 11.0 Å². The summed E-state index contributed by atoms with van der Waals surface area (Å²) in [5.74, 6) is -1.53. The number of anilines is 1. The van der Waals surface area contributed by atoms with Crippen molar-refractivity contribution in [2.75, 3.05) is 5.73 Å². The predicted octanol–water partition coefficient (Wildman–Crippen LogP) is -0.376. The van der Waals surface area contributed by atoms with Crippen molar-refractivity contribution in [2.24, 2.45) is 0 Å². The number of carboxylic acid groups (broad SMARTS) is 1. The number of nitrogens with two attached hydrogens (primary N) is 1. The fourth-order valence-electron chi connectivity index (χ4n) is 1.47. The lowest BCUT2D eigenvalue weighted by atomic mass is 10.2. The molecule has 0 unspecified atom stereocenters. The van der Waals surface area contributed by atoms with E-state index in [1.807, 2.05) is 0 Å². The van der Waals surface area contributed by atoms with E-state index in [2.05, 4.69) is 9.97 Å². The number of benzene rings is 1. The zero-order valence-electron chi connectivity index (χ0n) is 8.66. The molecule has 0 aliphatic heterocycles. The summed E-state index contributed by atoms with van der Waals surface area (Å²) in [7, 11) is 0. The van der Waals surface area contributed by atoms with Gasteiger partial charge in [0, 0.05) is 5.69 Å². The minimum absolute atomic E-state index is 0.0134. The second-order valence-electron chi connectivity index (χ2n) is 3.63. The van der Waals surface area contributed by atoms with Crippen LogP contribution < -0.4 is 5.73 Å². The van der Waals surface area contributed by atoms with E-state index < -0.39 is 18.2 Å². The molecule has 0 amide bonds. The number of aliphatic carboxylic acids is 1. The number of nitrogens with one attached hydrogen (secondary N) is 1. The number of fused-ring (bicyclic) bond motifs is 1. The zero-order chi connectivity index (χ0) is 12.6. The molecule has 0 radical (unpaired) electrons. The number of nitrogens with zero attached hydrogens (tertiary/aromatic N) is 1. The molecule has 0 aliphatic rings. The van der Waals surface area contributed by atoms with Gasteiger partial charge in [-0.15, -0.1) is 0 Å². The molecule has 2 rings (SSSR count). The molecule has 1 heterocycles. The van der Waals surface area contributed by atoms with Crippen LogP contribution in [0.25, 0.3) is 11.0 Å². The summed E-state index contributed by atoms with van der Waals surface area (Å²) >= 11 is 0. The SMILES string of the molecule is Nc1ccc2nc([C@@H](O)[C@@H](O)C(=O)O)[nH]c2c1. The second-order valence-corrected chi connectivity index (χ2v) is 3.63. The number of aromatic amines is 1. The number of aliphatic hydroxyl groups excluding tert-OH is 2. The maximum atomic E-state index is 10.5. The minimum Gasteiger partial charge on any atom is -0.479 e. The standard InChI is InChI=1S/C10H11N3O4/c11-4-1-2-5-6(3-4)13-9(12-5)7(14)8(15)10(16)17/h1-3,7-8,14-15H,11H2,(H,12,13)(H,16,17)/t7-,8+/m0/s1. The van der Waals surface area contributed by atoms with E-state index in [9.17, 15) is 15.0 Å². The largest absolute Gasteiger partial charge is 0.479 e. The Morgan fingerprint density at radius 2 is 2.12 bits per heavy atom. The smallest absolute Gasteiger partial charge is 0.335 e. The van der Waals surface area contributed by atoms with E-state index >= 15 is 0 Å². The van der Waals surface area contributed by atoms with Gasteiger partial charge in [0.2, 0.25) is 0 Å². The van der Waals surface area contributed by atoms with Crippen molar-refractivity contribution >= 4 is 22.7 Å². The topological polar surface area (TPSA) is 132 Å². The number of rotatable bonds is 3. The highest BCUT2D eigenvalue weighted by Crippen LogP contribution is 2.20. The van der Waals surface area contributed by atoms with Crippen LogP contribution in [0.3, 0.4) is 0 Å². The van der Waals surface area contributed by atoms with Crippen LogP contribution in [0.15, 0.2) is 18.2 Å². The molecule has 0 saturated carbocycles. The average molecular weight is 237 g/mol. The number of carbonyl (C=O) groups is 1. The van der Waals surface area contributed by atoms with Crippen LogP contribution in [0, 0.1) is 0 Å². The Morgan fingerprint density at radius 3 is 2.76 bits per heavy atom. The van der Waals surface area contributed by atoms with Gasteiger partial charge in [-0.05, 0) is 18.2 Å². The normalized spacial score (nSPS) is 14.7. The minimum atomic E-state index is -1.92. The van der Waals surface area contributed by atoms with Gasteiger partial charge < -0.3 is 26.0 Å². The third-order valence-electron chi connectivity index (χ3n) is 2.36. The van der Waals surface area contributed by atoms with Gasteiger partial charge in [0.1, 0.15) is 11.9 Å². The molecule has 17 heavy (non-hydrogen) atoms. The van der Waals surface area contributed by atoms with E-state index in [0.717, 1.165) is 0 Å². The van der Waals surface area contributed by atoms with Crippen LogP contribution in [0.4, 0.5) is 5.69 Å². The van der Waals surface area contributed by atoms with Crippen molar-refractivity contribution in [3.05, 3.63) is 24.0 Å². The Balaban J connectivity index is 2.39. The van der Waals surface area contributed by atoms with Gasteiger partial charge >= 0.3 is 5.97 Å². The summed E-state index contributed by atoms with van der Waals surface area (Å²) in [6.07, 6.45) is -3.53. The zero-order valence-corrected chi connectivity index (χ0v) is 8.66. The van der Waals surface area contributed by atoms with E-state index in [-0.39, 0.29) is 5.82 Å². The van der Waals surface area contributed by atoms with Crippen molar-refractivity contribution in [3.63, 3.8) is 0 Å². The Morgan fingerprint density at radius 1 is 1.41 bits per heavy atom. The first-order valence-corrected chi connectivity index (χ1v) is 4.83. The molecule has 2 aromatic rings. The molecule has 2 atom stereocenters. The van der Waals surface area contributed by atoms with Crippen LogP contribution in [0.2, 0.25) is 0 Å². The third kappa shape index (κ3) is 2.05. The van der Waals surface area contributed by atoms with Crippen LogP contribution in [-0.2, 0) is 4.79 Å². The van der Waals surface area contributed by atoms with Crippen LogP contribution in [0.1, 0.15) is 11.9 Å². The molecule has 7 nitrogen and oxygen atoms in total. The van der Waals surface area contributed by atoms with Gasteiger partial charge in [-0.3, -0.25) is 0 Å². The maximum absolute atomic E-state index is 10.5. The Labute approximate surface area is 95.5 Å². The van der Waals surface area contributed by atoms with Gasteiger partial charge in [-0.25, -0.2) is 9.78 Å². The number of nitrogen functional groups attached to an aromatic ring is 1. The lowest BCUT2D eigenvalue weighted by molar-refractivity contribution is -0.153. The molecular weight excluding hydrogens is 226 g/mol. The third-order valence-corrected chi connectivity index (χ3v) is 2.36. The molecular formula is C10H11N3O4.